The molecule has 0 aliphatic carbocycles. The number of carbonyl (C=O) groups excluding carboxylic acids is 2. The lowest BCUT2D eigenvalue weighted by Crippen LogP contribution is -2.63. The first-order valence-electron chi connectivity index (χ1n) is 12.8. The van der Waals surface area contributed by atoms with Crippen LogP contribution in [0.15, 0.2) is 36.4 Å². The number of nitrogens with zero attached hydrogens (tertiary/aromatic N) is 5. The first-order valence-corrected chi connectivity index (χ1v) is 13.6. The number of anilines is 1. The summed E-state index contributed by atoms with van der Waals surface area (Å²) in [5.41, 5.74) is 3.50. The summed E-state index contributed by atoms with van der Waals surface area (Å²) in [4.78, 5) is 39.6. The molecule has 0 unspecified atom stereocenters. The van der Waals surface area contributed by atoms with Gasteiger partial charge in [0.25, 0.3) is 0 Å². The molecule has 204 valence electrons. The lowest BCUT2D eigenvalue weighted by Gasteiger charge is -2.46. The molecule has 1 aliphatic heterocycles. The van der Waals surface area contributed by atoms with E-state index in [1.54, 1.807) is 21.9 Å². The maximum atomic E-state index is 13.5. The van der Waals surface area contributed by atoms with Crippen molar-refractivity contribution in [3.63, 3.8) is 0 Å². The summed E-state index contributed by atoms with van der Waals surface area (Å²) in [5.74, 6) is 0. The van der Waals surface area contributed by atoms with Crippen molar-refractivity contribution in [2.45, 2.75) is 59.6 Å². The van der Waals surface area contributed by atoms with Gasteiger partial charge in [-0.25, -0.2) is 14.6 Å². The first-order chi connectivity index (χ1) is 18.3. The lowest BCUT2D eigenvalue weighted by atomic mass is 9.99. The van der Waals surface area contributed by atoms with Gasteiger partial charge in [-0.1, -0.05) is 23.5 Å². The topological polar surface area (TPSA) is 111 Å². The standard InChI is InChI=1S/C29H34N6O3S/c1-18-13-22(14-19(2)31-18)24-23(21-10-8-9-20(15-21)16-30)32-25(39-24)33-26(36)35-12-11-34(17-29(35,6)7)27(37)38-28(3,4)5/h8-10,13-15H,11-12,17H2,1-7H3,(H,32,33,36). The molecule has 9 nitrogen and oxygen atoms in total. The Morgan fingerprint density at radius 1 is 1.08 bits per heavy atom. The summed E-state index contributed by atoms with van der Waals surface area (Å²) >= 11 is 1.38. The minimum atomic E-state index is -0.622. The van der Waals surface area contributed by atoms with Crippen molar-refractivity contribution >= 4 is 28.6 Å². The molecule has 0 radical (unpaired) electrons. The third-order valence-electron chi connectivity index (χ3n) is 6.25. The molecule has 3 heterocycles. The van der Waals surface area contributed by atoms with Crippen LogP contribution in [-0.4, -0.2) is 62.7 Å². The van der Waals surface area contributed by atoms with Gasteiger partial charge in [0.05, 0.1) is 27.7 Å². The normalized spacial score (nSPS) is 15.0. The van der Waals surface area contributed by atoms with Crippen molar-refractivity contribution in [2.24, 2.45) is 0 Å². The molecule has 39 heavy (non-hydrogen) atoms. The van der Waals surface area contributed by atoms with E-state index in [1.165, 1.54) is 11.3 Å². The van der Waals surface area contributed by atoms with Gasteiger partial charge in [0.2, 0.25) is 0 Å². The molecule has 0 bridgehead atoms. The number of carbonyl (C=O) groups is 2. The minimum absolute atomic E-state index is 0.288. The van der Waals surface area contributed by atoms with Crippen molar-refractivity contribution < 1.29 is 14.3 Å². The van der Waals surface area contributed by atoms with Gasteiger partial charge in [0.1, 0.15) is 5.60 Å². The highest BCUT2D eigenvalue weighted by Gasteiger charge is 2.40. The second-order valence-electron chi connectivity index (χ2n) is 11.3. The zero-order valence-corrected chi connectivity index (χ0v) is 24.3. The average Bonchev–Trinajstić information content (AvgIpc) is 3.25. The number of urea groups is 1. The van der Waals surface area contributed by atoms with Crippen LogP contribution in [-0.2, 0) is 4.74 Å². The Labute approximate surface area is 233 Å². The quantitative estimate of drug-likeness (QED) is 0.417. The monoisotopic (exact) mass is 546 g/mol. The number of nitriles is 1. The van der Waals surface area contributed by atoms with Gasteiger partial charge in [-0.05, 0) is 78.3 Å². The fourth-order valence-corrected chi connectivity index (χ4v) is 5.60. The molecule has 1 aliphatic rings. The molecular formula is C29H34N6O3S. The summed E-state index contributed by atoms with van der Waals surface area (Å²) in [6.07, 6.45) is -0.382. The van der Waals surface area contributed by atoms with E-state index in [-0.39, 0.29) is 12.1 Å². The highest BCUT2D eigenvalue weighted by Crippen LogP contribution is 2.40. The van der Waals surface area contributed by atoms with Crippen LogP contribution in [0.4, 0.5) is 14.7 Å². The van der Waals surface area contributed by atoms with Crippen molar-refractivity contribution in [3.05, 3.63) is 53.3 Å². The van der Waals surface area contributed by atoms with Gasteiger partial charge in [-0.15, -0.1) is 0 Å². The van der Waals surface area contributed by atoms with Crippen molar-refractivity contribution in [3.8, 4) is 27.8 Å². The third-order valence-corrected chi connectivity index (χ3v) is 7.27. The van der Waals surface area contributed by atoms with Crippen LogP contribution < -0.4 is 5.32 Å². The Balaban J connectivity index is 1.61. The molecule has 1 N–H and O–H groups in total. The summed E-state index contributed by atoms with van der Waals surface area (Å²) in [7, 11) is 0. The van der Waals surface area contributed by atoms with E-state index in [2.05, 4.69) is 16.4 Å². The fourth-order valence-electron chi connectivity index (χ4n) is 4.64. The van der Waals surface area contributed by atoms with Crippen LogP contribution in [0.5, 0.6) is 0 Å². The second-order valence-corrected chi connectivity index (χ2v) is 12.3. The molecular weight excluding hydrogens is 512 g/mol. The zero-order valence-electron chi connectivity index (χ0n) is 23.5. The Hall–Kier alpha value is -3.97. The third kappa shape index (κ3) is 6.55. The fraction of sp³-hybridized carbons (Fsp3) is 0.414. The molecule has 0 spiro atoms. The average molecular weight is 547 g/mol. The number of amides is 3. The Bertz CT molecular complexity index is 1430. The molecule has 10 heteroatoms. The van der Waals surface area contributed by atoms with E-state index in [0.29, 0.717) is 36.0 Å². The first kappa shape index (κ1) is 28.0. The number of rotatable bonds is 3. The molecule has 3 amide bonds. The van der Waals surface area contributed by atoms with Crippen LogP contribution in [0.25, 0.3) is 21.7 Å². The van der Waals surface area contributed by atoms with Crippen molar-refractivity contribution in [1.29, 1.82) is 5.26 Å². The van der Waals surface area contributed by atoms with Crippen LogP contribution in [0.2, 0.25) is 0 Å². The SMILES string of the molecule is Cc1cc(-c2sc(NC(=O)N3CCN(C(=O)OC(C)(C)C)CC3(C)C)nc2-c2cccc(C#N)c2)cc(C)n1. The molecule has 0 saturated carbocycles. The van der Waals surface area contributed by atoms with E-state index >= 15 is 0 Å². The predicted octanol–water partition coefficient (Wildman–Crippen LogP) is 6.22. The van der Waals surface area contributed by atoms with E-state index in [4.69, 9.17) is 9.72 Å². The largest absolute Gasteiger partial charge is 0.444 e. The molecule has 3 aromatic rings. The Morgan fingerprint density at radius 3 is 2.38 bits per heavy atom. The van der Waals surface area contributed by atoms with Gasteiger partial charge in [0.15, 0.2) is 5.13 Å². The number of aryl methyl sites for hydroxylation is 2. The number of benzene rings is 1. The number of thiazole rings is 1. The second kappa shape index (κ2) is 10.7. The van der Waals surface area contributed by atoms with E-state index < -0.39 is 11.1 Å². The zero-order chi connectivity index (χ0) is 28.5. The van der Waals surface area contributed by atoms with Gasteiger partial charge in [-0.2, -0.15) is 5.26 Å². The predicted molar refractivity (Wildman–Crippen MR) is 153 cm³/mol. The van der Waals surface area contributed by atoms with E-state index in [9.17, 15) is 14.9 Å². The van der Waals surface area contributed by atoms with Crippen molar-refractivity contribution in [2.75, 3.05) is 25.0 Å². The van der Waals surface area contributed by atoms with Gasteiger partial charge < -0.3 is 14.5 Å². The number of nitrogens with one attached hydrogen (secondary N) is 1. The number of pyridine rings is 1. The van der Waals surface area contributed by atoms with Gasteiger partial charge >= 0.3 is 12.1 Å². The van der Waals surface area contributed by atoms with Gasteiger partial charge in [0, 0.05) is 36.6 Å². The Morgan fingerprint density at radius 2 is 1.77 bits per heavy atom. The molecule has 2 aromatic heterocycles. The van der Waals surface area contributed by atoms with Crippen LogP contribution in [0.1, 0.15) is 51.6 Å². The maximum Gasteiger partial charge on any atom is 0.410 e. The minimum Gasteiger partial charge on any atom is -0.444 e. The van der Waals surface area contributed by atoms with E-state index in [1.807, 2.05) is 72.7 Å². The van der Waals surface area contributed by atoms with Crippen LogP contribution in [0.3, 0.4) is 0 Å². The highest BCUT2D eigenvalue weighted by atomic mass is 32.1. The summed E-state index contributed by atoms with van der Waals surface area (Å²) in [5, 5.41) is 12.9. The molecule has 1 fully saturated rings. The highest BCUT2D eigenvalue weighted by molar-refractivity contribution is 7.19. The van der Waals surface area contributed by atoms with Crippen molar-refractivity contribution in [1.82, 2.24) is 19.8 Å². The molecule has 4 rings (SSSR count). The smallest absolute Gasteiger partial charge is 0.410 e. The number of hydrogen-bond donors (Lipinski definition) is 1. The number of ether oxygens (including phenoxy) is 1. The van der Waals surface area contributed by atoms with Crippen LogP contribution >= 0.6 is 11.3 Å². The Kier molecular flexibility index (Phi) is 7.66. The summed E-state index contributed by atoms with van der Waals surface area (Å²) in [6.45, 7) is 14.3. The molecule has 0 atom stereocenters. The molecule has 1 saturated heterocycles. The molecule has 1 aromatic carbocycles. The number of hydrogen-bond acceptors (Lipinski definition) is 7. The number of piperazine rings is 1. The number of aromatic nitrogens is 2. The lowest BCUT2D eigenvalue weighted by molar-refractivity contribution is -0.00288. The van der Waals surface area contributed by atoms with Crippen LogP contribution in [0, 0.1) is 25.2 Å². The summed E-state index contributed by atoms with van der Waals surface area (Å²) in [6, 6.07) is 13.1. The maximum absolute atomic E-state index is 13.5. The van der Waals surface area contributed by atoms with E-state index in [0.717, 1.165) is 27.4 Å². The summed E-state index contributed by atoms with van der Waals surface area (Å²) < 4.78 is 5.53. The van der Waals surface area contributed by atoms with Gasteiger partial charge in [-0.3, -0.25) is 10.3 Å².